The first kappa shape index (κ1) is 23.1. The lowest BCUT2D eigenvalue weighted by atomic mass is 9.84. The van der Waals surface area contributed by atoms with Crippen molar-refractivity contribution in [2.75, 3.05) is 0 Å². The molecule has 2 rings (SSSR count). The van der Waals surface area contributed by atoms with Crippen LogP contribution in [-0.4, -0.2) is 20.7 Å². The number of nitrogens with zero attached hydrogens (tertiary/aromatic N) is 2. The van der Waals surface area contributed by atoms with Crippen molar-refractivity contribution < 1.29 is 10.0 Å². The number of nitrogens with one attached hydrogen (secondary N) is 1. The first-order valence-corrected chi connectivity index (χ1v) is 10.7. The minimum Gasteiger partial charge on any atom is -0.328 e. The molecule has 1 heterocycles. The molecule has 0 aliphatic heterocycles. The summed E-state index contributed by atoms with van der Waals surface area (Å²) in [5.41, 5.74) is 4.91. The van der Waals surface area contributed by atoms with Gasteiger partial charge >= 0.3 is 0 Å². The Labute approximate surface area is 175 Å². The molecule has 5 nitrogen and oxygen atoms in total. The van der Waals surface area contributed by atoms with Gasteiger partial charge in [-0.05, 0) is 60.3 Å². The van der Waals surface area contributed by atoms with Gasteiger partial charge in [0, 0.05) is 19.0 Å². The first-order chi connectivity index (χ1) is 13.6. The summed E-state index contributed by atoms with van der Waals surface area (Å²) in [4.78, 5) is 16.2. The van der Waals surface area contributed by atoms with Crippen LogP contribution in [0.15, 0.2) is 24.3 Å². The fraction of sp³-hybridized carbons (Fsp3) is 0.583. The second kappa shape index (κ2) is 10.1. The van der Waals surface area contributed by atoms with E-state index < -0.39 is 5.91 Å². The number of hydrogen-bond donors (Lipinski definition) is 2. The van der Waals surface area contributed by atoms with Gasteiger partial charge in [0.05, 0.1) is 11.0 Å². The predicted octanol–water partition coefficient (Wildman–Crippen LogP) is 5.61. The largest absolute Gasteiger partial charge is 0.328 e. The van der Waals surface area contributed by atoms with Crippen LogP contribution in [0.1, 0.15) is 72.2 Å². The highest BCUT2D eigenvalue weighted by Crippen LogP contribution is 2.28. The molecule has 0 saturated carbocycles. The summed E-state index contributed by atoms with van der Waals surface area (Å²) >= 11 is 0. The van der Waals surface area contributed by atoms with Gasteiger partial charge in [0.2, 0.25) is 0 Å². The molecule has 160 valence electrons. The number of imidazole rings is 1. The van der Waals surface area contributed by atoms with Crippen LogP contribution in [0.2, 0.25) is 0 Å². The number of rotatable bonds is 9. The standard InChI is InChI=1S/C24H37N3O2/c1-17(2)8-7-13-27-21-11-9-19(10-12-23(28)26-29)15-20(21)25-22(27)14-18(3)16-24(4,5)6/h9-12,15,17-18,29H,7-8,13-14,16H2,1-6H3,(H,26,28)/b12-10+. The Balaban J connectivity index is 2.32. The van der Waals surface area contributed by atoms with E-state index in [9.17, 15) is 4.79 Å². The van der Waals surface area contributed by atoms with E-state index in [4.69, 9.17) is 10.2 Å². The Bertz CT molecular complexity index is 844. The van der Waals surface area contributed by atoms with Crippen LogP contribution < -0.4 is 5.48 Å². The molecule has 1 aromatic carbocycles. The first-order valence-electron chi connectivity index (χ1n) is 10.7. The Hall–Kier alpha value is -2.14. The van der Waals surface area contributed by atoms with Gasteiger partial charge in [0.1, 0.15) is 5.82 Å². The number of carbonyl (C=O) groups is 1. The maximum atomic E-state index is 11.2. The van der Waals surface area contributed by atoms with E-state index in [0.717, 1.165) is 48.2 Å². The monoisotopic (exact) mass is 399 g/mol. The van der Waals surface area contributed by atoms with Gasteiger partial charge in [-0.15, -0.1) is 0 Å². The molecular formula is C24H37N3O2. The molecule has 0 aliphatic carbocycles. The topological polar surface area (TPSA) is 67.2 Å². The summed E-state index contributed by atoms with van der Waals surface area (Å²) in [6.07, 6.45) is 7.46. The van der Waals surface area contributed by atoms with Crippen molar-refractivity contribution in [2.24, 2.45) is 17.3 Å². The number of carbonyl (C=O) groups excluding carboxylic acids is 1. The second-order valence-electron chi connectivity index (χ2n) is 9.85. The van der Waals surface area contributed by atoms with Crippen LogP contribution >= 0.6 is 0 Å². The van der Waals surface area contributed by atoms with Crippen LogP contribution in [0.25, 0.3) is 17.1 Å². The van der Waals surface area contributed by atoms with Crippen LogP contribution in [0.3, 0.4) is 0 Å². The predicted molar refractivity (Wildman–Crippen MR) is 120 cm³/mol. The van der Waals surface area contributed by atoms with Gasteiger partial charge in [-0.1, -0.05) is 47.6 Å². The number of benzene rings is 1. The van der Waals surface area contributed by atoms with Crippen LogP contribution in [-0.2, 0) is 17.8 Å². The van der Waals surface area contributed by atoms with Crippen LogP contribution in [0.4, 0.5) is 0 Å². The van der Waals surface area contributed by atoms with E-state index in [-0.39, 0.29) is 0 Å². The number of fused-ring (bicyclic) bond motifs is 1. The van der Waals surface area contributed by atoms with Crippen molar-refractivity contribution in [2.45, 2.75) is 73.8 Å². The van der Waals surface area contributed by atoms with Gasteiger partial charge in [-0.25, -0.2) is 10.5 Å². The molecule has 5 heteroatoms. The number of amides is 1. The molecule has 0 aliphatic rings. The highest BCUT2D eigenvalue weighted by Gasteiger charge is 2.19. The van der Waals surface area contributed by atoms with E-state index >= 15 is 0 Å². The SMILES string of the molecule is CC(C)CCCn1c(CC(C)CC(C)(C)C)nc2cc(/C=C/C(=O)NO)ccc21. The van der Waals surface area contributed by atoms with E-state index in [2.05, 4.69) is 52.2 Å². The zero-order valence-corrected chi connectivity index (χ0v) is 18.8. The maximum Gasteiger partial charge on any atom is 0.267 e. The minimum absolute atomic E-state index is 0.305. The van der Waals surface area contributed by atoms with Gasteiger partial charge in [-0.3, -0.25) is 10.0 Å². The summed E-state index contributed by atoms with van der Waals surface area (Å²) < 4.78 is 2.38. The average Bonchev–Trinajstić information content (AvgIpc) is 2.94. The summed E-state index contributed by atoms with van der Waals surface area (Å²) in [7, 11) is 0. The average molecular weight is 400 g/mol. The third kappa shape index (κ3) is 7.32. The molecule has 0 bridgehead atoms. The van der Waals surface area contributed by atoms with E-state index in [1.165, 1.54) is 12.5 Å². The van der Waals surface area contributed by atoms with Crippen LogP contribution in [0.5, 0.6) is 0 Å². The van der Waals surface area contributed by atoms with Crippen molar-refractivity contribution >= 4 is 23.0 Å². The van der Waals surface area contributed by atoms with E-state index in [0.29, 0.717) is 17.3 Å². The molecular weight excluding hydrogens is 362 g/mol. The molecule has 0 spiro atoms. The third-order valence-corrected chi connectivity index (χ3v) is 5.04. The number of hydrogen-bond acceptors (Lipinski definition) is 3. The molecule has 2 aromatic rings. The fourth-order valence-corrected chi connectivity index (χ4v) is 4.00. The summed E-state index contributed by atoms with van der Waals surface area (Å²) in [5.74, 6) is 1.86. The van der Waals surface area contributed by atoms with Gasteiger partial charge in [-0.2, -0.15) is 0 Å². The number of aromatic nitrogens is 2. The molecule has 1 unspecified atom stereocenters. The van der Waals surface area contributed by atoms with Crippen molar-refractivity contribution in [3.63, 3.8) is 0 Å². The smallest absolute Gasteiger partial charge is 0.267 e. The Morgan fingerprint density at radius 3 is 2.62 bits per heavy atom. The molecule has 0 fully saturated rings. The quantitative estimate of drug-likeness (QED) is 0.327. The summed E-state index contributed by atoms with van der Waals surface area (Å²) in [6.45, 7) is 14.7. The summed E-state index contributed by atoms with van der Waals surface area (Å²) in [5, 5.41) is 8.64. The summed E-state index contributed by atoms with van der Waals surface area (Å²) in [6, 6.07) is 6.09. The van der Waals surface area contributed by atoms with E-state index in [1.54, 1.807) is 11.6 Å². The lowest BCUT2D eigenvalue weighted by molar-refractivity contribution is -0.124. The molecule has 1 amide bonds. The number of hydroxylamine groups is 1. The Morgan fingerprint density at radius 1 is 1.28 bits per heavy atom. The van der Waals surface area contributed by atoms with Crippen molar-refractivity contribution in [1.82, 2.24) is 15.0 Å². The highest BCUT2D eigenvalue weighted by molar-refractivity contribution is 5.91. The minimum atomic E-state index is -0.541. The Morgan fingerprint density at radius 2 is 2.00 bits per heavy atom. The lowest BCUT2D eigenvalue weighted by Crippen LogP contribution is -2.15. The fourth-order valence-electron chi connectivity index (χ4n) is 4.00. The molecule has 29 heavy (non-hydrogen) atoms. The van der Waals surface area contributed by atoms with Crippen molar-refractivity contribution in [3.8, 4) is 0 Å². The van der Waals surface area contributed by atoms with E-state index in [1.807, 2.05) is 12.1 Å². The highest BCUT2D eigenvalue weighted by atomic mass is 16.5. The molecule has 0 radical (unpaired) electrons. The third-order valence-electron chi connectivity index (χ3n) is 5.04. The van der Waals surface area contributed by atoms with Crippen LogP contribution in [0, 0.1) is 17.3 Å². The lowest BCUT2D eigenvalue weighted by Gasteiger charge is -2.23. The normalized spacial score (nSPS) is 13.5. The number of aryl methyl sites for hydroxylation is 1. The molecule has 0 saturated heterocycles. The molecule has 1 atom stereocenters. The molecule has 2 N–H and O–H groups in total. The Kier molecular flexibility index (Phi) is 8.03. The zero-order valence-electron chi connectivity index (χ0n) is 18.8. The maximum absolute atomic E-state index is 11.2. The van der Waals surface area contributed by atoms with Gasteiger partial charge in [0.15, 0.2) is 0 Å². The van der Waals surface area contributed by atoms with Gasteiger partial charge < -0.3 is 4.57 Å². The van der Waals surface area contributed by atoms with Gasteiger partial charge in [0.25, 0.3) is 5.91 Å². The van der Waals surface area contributed by atoms with Crippen molar-refractivity contribution in [3.05, 3.63) is 35.7 Å². The zero-order chi connectivity index (χ0) is 21.6. The van der Waals surface area contributed by atoms with Crippen molar-refractivity contribution in [1.29, 1.82) is 0 Å². The second-order valence-corrected chi connectivity index (χ2v) is 9.85. The molecule has 1 aromatic heterocycles.